The highest BCUT2D eigenvalue weighted by Gasteiger charge is 2.19. The summed E-state index contributed by atoms with van der Waals surface area (Å²) in [7, 11) is 0. The summed E-state index contributed by atoms with van der Waals surface area (Å²) in [5.41, 5.74) is 0.908. The van der Waals surface area contributed by atoms with Gasteiger partial charge < -0.3 is 14.7 Å². The van der Waals surface area contributed by atoms with Gasteiger partial charge in [-0.15, -0.1) is 0 Å². The number of aliphatic hydroxyl groups excluding tert-OH is 1. The first-order chi connectivity index (χ1) is 8.70. The fraction of sp³-hybridized carbons (Fsp3) is 0.643. The summed E-state index contributed by atoms with van der Waals surface area (Å²) in [5, 5.41) is 9.62. The first kappa shape index (κ1) is 13.3. The zero-order chi connectivity index (χ0) is 13.0. The summed E-state index contributed by atoms with van der Waals surface area (Å²) in [6.45, 7) is 6.55. The molecule has 1 N–H and O–H groups in total. The van der Waals surface area contributed by atoms with E-state index in [4.69, 9.17) is 4.74 Å². The maximum Gasteiger partial charge on any atom is 0.128 e. The van der Waals surface area contributed by atoms with Crippen molar-refractivity contribution in [2.75, 3.05) is 24.6 Å². The molecule has 1 saturated heterocycles. The van der Waals surface area contributed by atoms with E-state index in [0.29, 0.717) is 6.10 Å². The first-order valence-corrected chi connectivity index (χ1v) is 6.71. The van der Waals surface area contributed by atoms with Crippen LogP contribution in [0.5, 0.6) is 0 Å². The van der Waals surface area contributed by atoms with Crippen LogP contribution in [0.4, 0.5) is 5.82 Å². The molecule has 2 atom stereocenters. The fourth-order valence-electron chi connectivity index (χ4n) is 2.29. The van der Waals surface area contributed by atoms with Gasteiger partial charge in [0, 0.05) is 25.9 Å². The van der Waals surface area contributed by atoms with Gasteiger partial charge in [0.15, 0.2) is 0 Å². The van der Waals surface area contributed by atoms with Crippen molar-refractivity contribution in [3.63, 3.8) is 0 Å². The predicted octanol–water partition coefficient (Wildman–Crippen LogP) is 2.14. The van der Waals surface area contributed by atoms with Crippen molar-refractivity contribution in [3.8, 4) is 0 Å². The Morgan fingerprint density at radius 3 is 3.06 bits per heavy atom. The summed E-state index contributed by atoms with van der Waals surface area (Å²) in [4.78, 5) is 6.60. The third-order valence-electron chi connectivity index (χ3n) is 3.41. The van der Waals surface area contributed by atoms with Crippen molar-refractivity contribution in [1.29, 1.82) is 0 Å². The number of anilines is 1. The first-order valence-electron chi connectivity index (χ1n) is 6.71. The maximum absolute atomic E-state index is 9.62. The zero-order valence-corrected chi connectivity index (χ0v) is 11.2. The molecule has 0 aliphatic carbocycles. The molecule has 0 radical (unpaired) electrons. The standard InChI is InChI=1S/C14H22N2O2/c1-3-16(10-13-5-4-8-18-13)14-9-12(11(2)17)6-7-15-14/h6-7,9,11,13,17H,3-5,8,10H2,1-2H3. The molecule has 1 fully saturated rings. The van der Waals surface area contributed by atoms with Crippen LogP contribution < -0.4 is 4.90 Å². The van der Waals surface area contributed by atoms with E-state index in [2.05, 4.69) is 16.8 Å². The fourth-order valence-corrected chi connectivity index (χ4v) is 2.29. The second-order valence-corrected chi connectivity index (χ2v) is 4.80. The normalized spacial score (nSPS) is 20.9. The molecule has 1 aromatic heterocycles. The minimum absolute atomic E-state index is 0.321. The van der Waals surface area contributed by atoms with Gasteiger partial charge in [-0.05, 0) is 44.4 Å². The smallest absolute Gasteiger partial charge is 0.128 e. The van der Waals surface area contributed by atoms with Crippen molar-refractivity contribution in [3.05, 3.63) is 23.9 Å². The van der Waals surface area contributed by atoms with Crippen LogP contribution in [0.15, 0.2) is 18.3 Å². The minimum atomic E-state index is -0.451. The predicted molar refractivity (Wildman–Crippen MR) is 71.7 cm³/mol. The Bertz CT molecular complexity index is 376. The Kier molecular flexibility index (Phi) is 4.55. The Hall–Kier alpha value is -1.13. The number of aromatic nitrogens is 1. The van der Waals surface area contributed by atoms with E-state index in [1.54, 1.807) is 13.1 Å². The van der Waals surface area contributed by atoms with Crippen molar-refractivity contribution < 1.29 is 9.84 Å². The van der Waals surface area contributed by atoms with Crippen LogP contribution in [0, 0.1) is 0 Å². The van der Waals surface area contributed by atoms with Crippen LogP contribution in [-0.4, -0.2) is 35.9 Å². The van der Waals surface area contributed by atoms with E-state index in [1.807, 2.05) is 12.1 Å². The number of ether oxygens (including phenoxy) is 1. The minimum Gasteiger partial charge on any atom is -0.389 e. The Morgan fingerprint density at radius 2 is 2.44 bits per heavy atom. The molecule has 2 rings (SSSR count). The molecule has 1 aromatic rings. The summed E-state index contributed by atoms with van der Waals surface area (Å²) in [6.07, 6.45) is 3.92. The molecule has 0 amide bonds. The zero-order valence-electron chi connectivity index (χ0n) is 11.2. The highest BCUT2D eigenvalue weighted by atomic mass is 16.5. The monoisotopic (exact) mass is 250 g/mol. The molecule has 100 valence electrons. The van der Waals surface area contributed by atoms with Gasteiger partial charge >= 0.3 is 0 Å². The topological polar surface area (TPSA) is 45.6 Å². The molecule has 4 nitrogen and oxygen atoms in total. The number of hydrogen-bond donors (Lipinski definition) is 1. The lowest BCUT2D eigenvalue weighted by Gasteiger charge is -2.25. The van der Waals surface area contributed by atoms with E-state index >= 15 is 0 Å². The lowest BCUT2D eigenvalue weighted by Crippen LogP contribution is -2.32. The molecule has 0 bridgehead atoms. The molecule has 0 spiro atoms. The number of pyridine rings is 1. The summed E-state index contributed by atoms with van der Waals surface area (Å²) in [5.74, 6) is 0.923. The van der Waals surface area contributed by atoms with Crippen molar-refractivity contribution >= 4 is 5.82 Å². The van der Waals surface area contributed by atoms with E-state index in [1.165, 1.54) is 0 Å². The molecule has 4 heteroatoms. The van der Waals surface area contributed by atoms with Gasteiger partial charge in [0.05, 0.1) is 12.2 Å². The summed E-state index contributed by atoms with van der Waals surface area (Å²) in [6, 6.07) is 3.82. The largest absolute Gasteiger partial charge is 0.389 e. The number of nitrogens with zero attached hydrogens (tertiary/aromatic N) is 2. The third-order valence-corrected chi connectivity index (χ3v) is 3.41. The van der Waals surface area contributed by atoms with Crippen LogP contribution in [0.25, 0.3) is 0 Å². The Balaban J connectivity index is 2.08. The molecule has 0 saturated carbocycles. The van der Waals surface area contributed by atoms with Crippen molar-refractivity contribution in [2.24, 2.45) is 0 Å². The number of rotatable bonds is 5. The Morgan fingerprint density at radius 1 is 1.61 bits per heavy atom. The third kappa shape index (κ3) is 3.21. The molecular formula is C14H22N2O2. The van der Waals surface area contributed by atoms with E-state index in [-0.39, 0.29) is 0 Å². The molecular weight excluding hydrogens is 228 g/mol. The highest BCUT2D eigenvalue weighted by Crippen LogP contribution is 2.20. The van der Waals surface area contributed by atoms with Gasteiger partial charge in [0.2, 0.25) is 0 Å². The average molecular weight is 250 g/mol. The van der Waals surface area contributed by atoms with Crippen LogP contribution in [-0.2, 0) is 4.74 Å². The van der Waals surface area contributed by atoms with E-state index in [0.717, 1.165) is 43.9 Å². The molecule has 1 aliphatic rings. The number of likely N-dealkylation sites (N-methyl/N-ethyl adjacent to an activating group) is 1. The second-order valence-electron chi connectivity index (χ2n) is 4.80. The van der Waals surface area contributed by atoms with Crippen molar-refractivity contribution in [1.82, 2.24) is 4.98 Å². The summed E-state index contributed by atoms with van der Waals surface area (Å²) < 4.78 is 5.67. The van der Waals surface area contributed by atoms with E-state index in [9.17, 15) is 5.11 Å². The molecule has 2 heterocycles. The van der Waals surface area contributed by atoms with Gasteiger partial charge in [-0.3, -0.25) is 0 Å². The molecule has 1 aliphatic heterocycles. The lowest BCUT2D eigenvalue weighted by atomic mass is 10.1. The lowest BCUT2D eigenvalue weighted by molar-refractivity contribution is 0.115. The highest BCUT2D eigenvalue weighted by molar-refractivity contribution is 5.41. The maximum atomic E-state index is 9.62. The molecule has 2 unspecified atom stereocenters. The van der Waals surface area contributed by atoms with Crippen LogP contribution in [0.3, 0.4) is 0 Å². The second kappa shape index (κ2) is 6.16. The van der Waals surface area contributed by atoms with Gasteiger partial charge in [0.25, 0.3) is 0 Å². The SMILES string of the molecule is CCN(CC1CCCO1)c1cc(C(C)O)ccn1. The van der Waals surface area contributed by atoms with E-state index < -0.39 is 6.10 Å². The van der Waals surface area contributed by atoms with Gasteiger partial charge in [0.1, 0.15) is 5.82 Å². The quantitative estimate of drug-likeness (QED) is 0.869. The van der Waals surface area contributed by atoms with Crippen LogP contribution in [0.2, 0.25) is 0 Å². The number of aliphatic hydroxyl groups is 1. The molecule has 18 heavy (non-hydrogen) atoms. The Labute approximate surface area is 109 Å². The van der Waals surface area contributed by atoms with Crippen LogP contribution >= 0.6 is 0 Å². The van der Waals surface area contributed by atoms with Crippen molar-refractivity contribution in [2.45, 2.75) is 38.9 Å². The van der Waals surface area contributed by atoms with Gasteiger partial charge in [-0.1, -0.05) is 0 Å². The molecule has 0 aromatic carbocycles. The van der Waals surface area contributed by atoms with Gasteiger partial charge in [-0.25, -0.2) is 4.98 Å². The summed E-state index contributed by atoms with van der Waals surface area (Å²) >= 11 is 0. The van der Waals surface area contributed by atoms with Crippen LogP contribution in [0.1, 0.15) is 38.4 Å². The average Bonchev–Trinajstić information content (AvgIpc) is 2.89. The van der Waals surface area contributed by atoms with Gasteiger partial charge in [-0.2, -0.15) is 0 Å². The number of hydrogen-bond acceptors (Lipinski definition) is 4.